The standard InChI is InChI=1S/C18H17BrN2O2/c19-15-8-4-7-14(11-15)16-12-17(23-21-16)18(22)20-10-9-13-5-2-1-3-6-13/h1-8,11,17H,9-10,12H2,(H,20,22). The van der Waals surface area contributed by atoms with Gasteiger partial charge in [0.05, 0.1) is 5.71 Å². The van der Waals surface area contributed by atoms with E-state index < -0.39 is 6.10 Å². The molecule has 23 heavy (non-hydrogen) atoms. The van der Waals surface area contributed by atoms with Crippen LogP contribution in [0.5, 0.6) is 0 Å². The number of hydrogen-bond acceptors (Lipinski definition) is 3. The van der Waals surface area contributed by atoms with Gasteiger partial charge in [-0.3, -0.25) is 4.79 Å². The Morgan fingerprint density at radius 1 is 1.22 bits per heavy atom. The first kappa shape index (κ1) is 15.7. The summed E-state index contributed by atoms with van der Waals surface area (Å²) < 4.78 is 0.980. The largest absolute Gasteiger partial charge is 0.382 e. The average molecular weight is 373 g/mol. The summed E-state index contributed by atoms with van der Waals surface area (Å²) >= 11 is 3.43. The Kier molecular flexibility index (Phi) is 5.08. The topological polar surface area (TPSA) is 50.7 Å². The van der Waals surface area contributed by atoms with Crippen LogP contribution in [0.1, 0.15) is 17.5 Å². The molecule has 118 valence electrons. The Balaban J connectivity index is 1.49. The van der Waals surface area contributed by atoms with E-state index in [1.54, 1.807) is 0 Å². The van der Waals surface area contributed by atoms with Crippen LogP contribution >= 0.6 is 15.9 Å². The van der Waals surface area contributed by atoms with Crippen LogP contribution in [0.4, 0.5) is 0 Å². The summed E-state index contributed by atoms with van der Waals surface area (Å²) in [6, 6.07) is 17.9. The minimum absolute atomic E-state index is 0.116. The molecule has 0 aliphatic carbocycles. The first-order valence-corrected chi connectivity index (χ1v) is 8.32. The molecule has 1 N–H and O–H groups in total. The summed E-state index contributed by atoms with van der Waals surface area (Å²) in [5.41, 5.74) is 2.97. The van der Waals surface area contributed by atoms with Crippen molar-refractivity contribution in [2.45, 2.75) is 18.9 Å². The smallest absolute Gasteiger partial charge is 0.264 e. The number of oxime groups is 1. The van der Waals surface area contributed by atoms with Gasteiger partial charge in [0.15, 0.2) is 0 Å². The fourth-order valence-corrected chi connectivity index (χ4v) is 2.84. The van der Waals surface area contributed by atoms with Crippen LogP contribution in [0.25, 0.3) is 0 Å². The van der Waals surface area contributed by atoms with E-state index in [9.17, 15) is 4.79 Å². The Morgan fingerprint density at radius 2 is 2.04 bits per heavy atom. The summed E-state index contributed by atoms with van der Waals surface area (Å²) in [4.78, 5) is 17.4. The maximum atomic E-state index is 12.2. The zero-order valence-electron chi connectivity index (χ0n) is 12.5. The number of rotatable bonds is 5. The number of amides is 1. The molecule has 2 aromatic rings. The molecule has 1 aliphatic rings. The van der Waals surface area contributed by atoms with E-state index >= 15 is 0 Å². The maximum Gasteiger partial charge on any atom is 0.264 e. The third-order valence-electron chi connectivity index (χ3n) is 3.67. The number of nitrogens with one attached hydrogen (secondary N) is 1. The summed E-state index contributed by atoms with van der Waals surface area (Å²) in [6.07, 6.45) is 0.756. The van der Waals surface area contributed by atoms with Crippen molar-refractivity contribution in [3.8, 4) is 0 Å². The predicted molar refractivity (Wildman–Crippen MR) is 93.3 cm³/mol. The van der Waals surface area contributed by atoms with Gasteiger partial charge in [-0.2, -0.15) is 0 Å². The van der Waals surface area contributed by atoms with Gasteiger partial charge in [-0.1, -0.05) is 63.6 Å². The first-order valence-electron chi connectivity index (χ1n) is 7.52. The summed E-state index contributed by atoms with van der Waals surface area (Å²) in [7, 11) is 0. The lowest BCUT2D eigenvalue weighted by atomic mass is 10.0. The zero-order valence-corrected chi connectivity index (χ0v) is 14.1. The highest BCUT2D eigenvalue weighted by Crippen LogP contribution is 2.19. The lowest BCUT2D eigenvalue weighted by molar-refractivity contribution is -0.131. The van der Waals surface area contributed by atoms with E-state index in [2.05, 4.69) is 26.4 Å². The molecule has 0 radical (unpaired) electrons. The Bertz CT molecular complexity index is 716. The van der Waals surface area contributed by atoms with Gasteiger partial charge in [-0.05, 0) is 24.1 Å². The van der Waals surface area contributed by atoms with Crippen molar-refractivity contribution in [3.63, 3.8) is 0 Å². The second-order valence-corrected chi connectivity index (χ2v) is 6.29. The van der Waals surface area contributed by atoms with Gasteiger partial charge < -0.3 is 10.2 Å². The number of carbonyl (C=O) groups excluding carboxylic acids is 1. The van der Waals surface area contributed by atoms with E-state index in [1.165, 1.54) is 5.56 Å². The van der Waals surface area contributed by atoms with Crippen LogP contribution in [0.2, 0.25) is 0 Å². The van der Waals surface area contributed by atoms with Crippen LogP contribution in [-0.2, 0) is 16.1 Å². The molecule has 0 saturated carbocycles. The third-order valence-corrected chi connectivity index (χ3v) is 4.17. The lowest BCUT2D eigenvalue weighted by Gasteiger charge is -2.09. The molecule has 0 saturated heterocycles. The first-order chi connectivity index (χ1) is 11.2. The van der Waals surface area contributed by atoms with Gasteiger partial charge >= 0.3 is 0 Å². The van der Waals surface area contributed by atoms with Crippen molar-refractivity contribution in [2.24, 2.45) is 5.16 Å². The van der Waals surface area contributed by atoms with E-state index in [-0.39, 0.29) is 5.91 Å². The van der Waals surface area contributed by atoms with Crippen LogP contribution in [-0.4, -0.2) is 24.3 Å². The van der Waals surface area contributed by atoms with Crippen molar-refractivity contribution in [2.75, 3.05) is 6.54 Å². The maximum absolute atomic E-state index is 12.2. The molecule has 1 heterocycles. The van der Waals surface area contributed by atoms with Gasteiger partial charge in [0.2, 0.25) is 6.10 Å². The van der Waals surface area contributed by atoms with E-state index in [0.29, 0.717) is 13.0 Å². The fraction of sp³-hybridized carbons (Fsp3) is 0.222. The van der Waals surface area contributed by atoms with Gasteiger partial charge in [0.1, 0.15) is 0 Å². The average Bonchev–Trinajstić information content (AvgIpc) is 3.06. The summed E-state index contributed by atoms with van der Waals surface area (Å²) in [6.45, 7) is 0.592. The lowest BCUT2D eigenvalue weighted by Crippen LogP contribution is -2.36. The molecule has 3 rings (SSSR count). The predicted octanol–water partition coefficient (Wildman–Crippen LogP) is 3.30. The van der Waals surface area contributed by atoms with Crippen molar-refractivity contribution >= 4 is 27.5 Å². The van der Waals surface area contributed by atoms with Crippen molar-refractivity contribution in [1.29, 1.82) is 0 Å². The number of benzene rings is 2. The molecule has 1 unspecified atom stereocenters. The highest BCUT2D eigenvalue weighted by Gasteiger charge is 2.28. The molecule has 4 nitrogen and oxygen atoms in total. The quantitative estimate of drug-likeness (QED) is 0.875. The monoisotopic (exact) mass is 372 g/mol. The summed E-state index contributed by atoms with van der Waals surface area (Å²) in [5.74, 6) is -0.116. The highest BCUT2D eigenvalue weighted by atomic mass is 79.9. The molecule has 2 aromatic carbocycles. The Morgan fingerprint density at radius 3 is 2.83 bits per heavy atom. The second-order valence-electron chi connectivity index (χ2n) is 5.37. The normalized spacial score (nSPS) is 16.6. The number of carbonyl (C=O) groups is 1. The number of halogens is 1. The van der Waals surface area contributed by atoms with Crippen molar-refractivity contribution < 1.29 is 9.63 Å². The molecule has 0 aromatic heterocycles. The molecular formula is C18H17BrN2O2. The van der Waals surface area contributed by atoms with Gasteiger partial charge in [-0.15, -0.1) is 0 Å². The van der Waals surface area contributed by atoms with Crippen LogP contribution in [0.15, 0.2) is 64.2 Å². The van der Waals surface area contributed by atoms with Gasteiger partial charge in [0, 0.05) is 23.0 Å². The number of hydrogen-bond donors (Lipinski definition) is 1. The fourth-order valence-electron chi connectivity index (χ4n) is 2.45. The third kappa shape index (κ3) is 4.20. The van der Waals surface area contributed by atoms with Crippen LogP contribution < -0.4 is 5.32 Å². The summed E-state index contributed by atoms with van der Waals surface area (Å²) in [5, 5.41) is 6.96. The van der Waals surface area contributed by atoms with Crippen LogP contribution in [0, 0.1) is 0 Å². The van der Waals surface area contributed by atoms with E-state index in [0.717, 1.165) is 22.2 Å². The minimum atomic E-state index is -0.542. The molecule has 1 atom stereocenters. The van der Waals surface area contributed by atoms with Gasteiger partial charge in [0.25, 0.3) is 5.91 Å². The molecule has 0 fully saturated rings. The van der Waals surface area contributed by atoms with Crippen molar-refractivity contribution in [3.05, 3.63) is 70.2 Å². The molecule has 5 heteroatoms. The zero-order chi connectivity index (χ0) is 16.1. The minimum Gasteiger partial charge on any atom is -0.382 e. The van der Waals surface area contributed by atoms with E-state index in [4.69, 9.17) is 4.84 Å². The molecular weight excluding hydrogens is 356 g/mol. The van der Waals surface area contributed by atoms with Crippen molar-refractivity contribution in [1.82, 2.24) is 5.32 Å². The van der Waals surface area contributed by atoms with E-state index in [1.807, 2.05) is 54.6 Å². The molecule has 0 bridgehead atoms. The highest BCUT2D eigenvalue weighted by molar-refractivity contribution is 9.10. The Labute approximate surface area is 143 Å². The second kappa shape index (κ2) is 7.42. The molecule has 1 aliphatic heterocycles. The SMILES string of the molecule is O=C(NCCc1ccccc1)C1CC(c2cccc(Br)c2)=NO1. The number of nitrogens with zero attached hydrogens (tertiary/aromatic N) is 1. The molecule has 0 spiro atoms. The Hall–Kier alpha value is -2.14. The van der Waals surface area contributed by atoms with Gasteiger partial charge in [-0.25, -0.2) is 0 Å². The van der Waals surface area contributed by atoms with Crippen LogP contribution in [0.3, 0.4) is 0 Å². The molecule has 1 amide bonds.